The standard InChI is InChI=1S/C11H12FN3O/c1-2-5-14-11(16)15-10-4-3-9(12)6-8(10)7-13/h3-4,6H,2,5H2,1H3,(H2,14,15,16). The molecule has 0 saturated carbocycles. The maximum absolute atomic E-state index is 12.8. The minimum absolute atomic E-state index is 0.103. The number of hydrogen-bond donors (Lipinski definition) is 2. The van der Waals surface area contributed by atoms with Gasteiger partial charge in [0.15, 0.2) is 0 Å². The van der Waals surface area contributed by atoms with Crippen molar-refractivity contribution in [1.29, 1.82) is 5.26 Å². The number of hydrogen-bond acceptors (Lipinski definition) is 2. The Hall–Kier alpha value is -2.09. The van der Waals surface area contributed by atoms with Crippen LogP contribution in [0, 0.1) is 17.1 Å². The second-order valence-corrected chi connectivity index (χ2v) is 3.18. The Morgan fingerprint density at radius 2 is 2.31 bits per heavy atom. The first-order chi connectivity index (χ1) is 7.67. The van der Waals surface area contributed by atoms with Crippen molar-refractivity contribution in [2.75, 3.05) is 11.9 Å². The first-order valence-electron chi connectivity index (χ1n) is 4.92. The molecule has 1 rings (SSSR count). The van der Waals surface area contributed by atoms with Gasteiger partial charge in [0.2, 0.25) is 0 Å². The van der Waals surface area contributed by atoms with Gasteiger partial charge in [0, 0.05) is 6.54 Å². The normalized spacial score (nSPS) is 9.31. The van der Waals surface area contributed by atoms with Gasteiger partial charge >= 0.3 is 6.03 Å². The third-order valence-corrected chi connectivity index (χ3v) is 1.89. The van der Waals surface area contributed by atoms with Crippen LogP contribution in [0.4, 0.5) is 14.9 Å². The summed E-state index contributed by atoms with van der Waals surface area (Å²) in [6, 6.07) is 5.05. The van der Waals surface area contributed by atoms with Crippen LogP contribution in [0.2, 0.25) is 0 Å². The van der Waals surface area contributed by atoms with Crippen LogP contribution < -0.4 is 10.6 Å². The van der Waals surface area contributed by atoms with Crippen molar-refractivity contribution < 1.29 is 9.18 Å². The van der Waals surface area contributed by atoms with Crippen LogP contribution >= 0.6 is 0 Å². The van der Waals surface area contributed by atoms with Gasteiger partial charge in [-0.1, -0.05) is 6.92 Å². The molecule has 4 nitrogen and oxygen atoms in total. The molecule has 2 amide bonds. The molecule has 1 aromatic rings. The van der Waals surface area contributed by atoms with E-state index in [1.807, 2.05) is 13.0 Å². The summed E-state index contributed by atoms with van der Waals surface area (Å²) in [5.41, 5.74) is 0.407. The number of nitrogens with one attached hydrogen (secondary N) is 2. The van der Waals surface area contributed by atoms with E-state index in [0.29, 0.717) is 12.2 Å². The molecule has 0 aliphatic carbocycles. The van der Waals surface area contributed by atoms with E-state index in [1.165, 1.54) is 12.1 Å². The van der Waals surface area contributed by atoms with Crippen LogP contribution in [0.25, 0.3) is 0 Å². The zero-order chi connectivity index (χ0) is 12.0. The van der Waals surface area contributed by atoms with Gasteiger partial charge in [0.1, 0.15) is 11.9 Å². The van der Waals surface area contributed by atoms with Crippen molar-refractivity contribution >= 4 is 11.7 Å². The predicted molar refractivity (Wildman–Crippen MR) is 58.4 cm³/mol. The van der Waals surface area contributed by atoms with E-state index < -0.39 is 11.8 Å². The first-order valence-corrected chi connectivity index (χ1v) is 4.92. The molecule has 0 unspecified atom stereocenters. The molecule has 1 aromatic carbocycles. The first kappa shape index (κ1) is 12.0. The van der Waals surface area contributed by atoms with E-state index in [4.69, 9.17) is 5.26 Å². The fourth-order valence-corrected chi connectivity index (χ4v) is 1.12. The maximum Gasteiger partial charge on any atom is 0.319 e. The minimum Gasteiger partial charge on any atom is -0.338 e. The molecule has 0 bridgehead atoms. The van der Waals surface area contributed by atoms with Gasteiger partial charge < -0.3 is 10.6 Å². The van der Waals surface area contributed by atoms with Gasteiger partial charge in [-0.05, 0) is 24.6 Å². The SMILES string of the molecule is CCCNC(=O)Nc1ccc(F)cc1C#N. The quantitative estimate of drug-likeness (QED) is 0.821. The lowest BCUT2D eigenvalue weighted by atomic mass is 10.2. The molecular formula is C11H12FN3O. The van der Waals surface area contributed by atoms with E-state index in [9.17, 15) is 9.18 Å². The predicted octanol–water partition coefficient (Wildman–Crippen LogP) is 2.23. The smallest absolute Gasteiger partial charge is 0.319 e. The highest BCUT2D eigenvalue weighted by Crippen LogP contribution is 2.15. The summed E-state index contributed by atoms with van der Waals surface area (Å²) in [5.74, 6) is -0.504. The number of benzene rings is 1. The molecule has 5 heteroatoms. The molecule has 0 saturated heterocycles. The lowest BCUT2D eigenvalue weighted by Gasteiger charge is -2.07. The van der Waals surface area contributed by atoms with Crippen LogP contribution in [0.15, 0.2) is 18.2 Å². The van der Waals surface area contributed by atoms with E-state index in [1.54, 1.807) is 0 Å². The van der Waals surface area contributed by atoms with Gasteiger partial charge in [-0.15, -0.1) is 0 Å². The Morgan fingerprint density at radius 1 is 1.56 bits per heavy atom. The number of amides is 2. The highest BCUT2D eigenvalue weighted by atomic mass is 19.1. The van der Waals surface area contributed by atoms with E-state index in [0.717, 1.165) is 12.5 Å². The van der Waals surface area contributed by atoms with Crippen molar-refractivity contribution in [3.05, 3.63) is 29.6 Å². The van der Waals surface area contributed by atoms with Gasteiger partial charge in [-0.25, -0.2) is 9.18 Å². The molecule has 0 atom stereocenters. The van der Waals surface area contributed by atoms with Crippen molar-refractivity contribution in [3.8, 4) is 6.07 Å². The molecule has 0 radical (unpaired) electrons. The average molecular weight is 221 g/mol. The highest BCUT2D eigenvalue weighted by molar-refractivity contribution is 5.90. The Labute approximate surface area is 93.1 Å². The minimum atomic E-state index is -0.504. The van der Waals surface area contributed by atoms with Crippen molar-refractivity contribution in [1.82, 2.24) is 5.32 Å². The second-order valence-electron chi connectivity index (χ2n) is 3.18. The van der Waals surface area contributed by atoms with E-state index in [2.05, 4.69) is 10.6 Å². The second kappa shape index (κ2) is 5.71. The van der Waals surface area contributed by atoms with Crippen molar-refractivity contribution in [2.45, 2.75) is 13.3 Å². The molecule has 0 aliphatic heterocycles. The summed E-state index contributed by atoms with van der Waals surface area (Å²) in [4.78, 5) is 11.3. The fourth-order valence-electron chi connectivity index (χ4n) is 1.12. The van der Waals surface area contributed by atoms with Crippen molar-refractivity contribution in [2.24, 2.45) is 0 Å². The van der Waals surface area contributed by atoms with Crippen LogP contribution in [0.3, 0.4) is 0 Å². The molecule has 0 spiro atoms. The summed E-state index contributed by atoms with van der Waals surface area (Å²) in [6.45, 7) is 2.48. The largest absolute Gasteiger partial charge is 0.338 e. The topological polar surface area (TPSA) is 64.9 Å². The zero-order valence-electron chi connectivity index (χ0n) is 8.88. The molecule has 2 N–H and O–H groups in total. The number of halogens is 1. The van der Waals surface area contributed by atoms with Crippen molar-refractivity contribution in [3.63, 3.8) is 0 Å². The van der Waals surface area contributed by atoms with Gasteiger partial charge in [0.25, 0.3) is 0 Å². The van der Waals surface area contributed by atoms with Gasteiger partial charge in [-0.3, -0.25) is 0 Å². The van der Waals surface area contributed by atoms with Crippen LogP contribution in [-0.2, 0) is 0 Å². The summed E-state index contributed by atoms with van der Waals surface area (Å²) < 4.78 is 12.8. The van der Waals surface area contributed by atoms with Gasteiger partial charge in [0.05, 0.1) is 11.3 Å². The average Bonchev–Trinajstić information content (AvgIpc) is 2.28. The van der Waals surface area contributed by atoms with E-state index in [-0.39, 0.29) is 5.56 Å². The molecule has 0 fully saturated rings. The molecule has 16 heavy (non-hydrogen) atoms. The van der Waals surface area contributed by atoms with Crippen LogP contribution in [0.1, 0.15) is 18.9 Å². The third kappa shape index (κ3) is 3.24. The molecule has 84 valence electrons. The molecular weight excluding hydrogens is 209 g/mol. The number of carbonyl (C=O) groups excluding carboxylic acids is 1. The number of carbonyl (C=O) groups is 1. The maximum atomic E-state index is 12.8. The lowest BCUT2D eigenvalue weighted by Crippen LogP contribution is -2.29. The summed E-state index contributed by atoms with van der Waals surface area (Å²) in [6.07, 6.45) is 0.821. The number of rotatable bonds is 3. The summed E-state index contributed by atoms with van der Waals surface area (Å²) in [7, 11) is 0. The summed E-state index contributed by atoms with van der Waals surface area (Å²) >= 11 is 0. The molecule has 0 aromatic heterocycles. The monoisotopic (exact) mass is 221 g/mol. The number of urea groups is 1. The number of anilines is 1. The molecule has 0 heterocycles. The fraction of sp³-hybridized carbons (Fsp3) is 0.273. The summed E-state index contributed by atoms with van der Waals surface area (Å²) in [5, 5.41) is 13.8. The Bertz CT molecular complexity index is 426. The van der Waals surface area contributed by atoms with E-state index >= 15 is 0 Å². The Kier molecular flexibility index (Phi) is 4.28. The Morgan fingerprint density at radius 3 is 2.94 bits per heavy atom. The highest BCUT2D eigenvalue weighted by Gasteiger charge is 2.06. The van der Waals surface area contributed by atoms with Gasteiger partial charge in [-0.2, -0.15) is 5.26 Å². The lowest BCUT2D eigenvalue weighted by molar-refractivity contribution is 0.252. The van der Waals surface area contributed by atoms with Crippen LogP contribution in [-0.4, -0.2) is 12.6 Å². The zero-order valence-corrected chi connectivity index (χ0v) is 8.88. The Balaban J connectivity index is 2.74. The number of nitrogens with zero attached hydrogens (tertiary/aromatic N) is 1. The molecule has 0 aliphatic rings. The third-order valence-electron chi connectivity index (χ3n) is 1.89. The number of nitriles is 1. The van der Waals surface area contributed by atoms with Crippen LogP contribution in [0.5, 0.6) is 0 Å².